The third-order valence-electron chi connectivity index (χ3n) is 4.35. The molecule has 0 saturated heterocycles. The summed E-state index contributed by atoms with van der Waals surface area (Å²) < 4.78 is 2.12. The summed E-state index contributed by atoms with van der Waals surface area (Å²) >= 11 is 2.70. The highest BCUT2D eigenvalue weighted by molar-refractivity contribution is 7.99. The van der Waals surface area contributed by atoms with Crippen molar-refractivity contribution in [2.45, 2.75) is 36.9 Å². The van der Waals surface area contributed by atoms with E-state index < -0.39 is 0 Å². The van der Waals surface area contributed by atoms with Crippen molar-refractivity contribution in [2.24, 2.45) is 0 Å². The zero-order valence-corrected chi connectivity index (χ0v) is 15.8. The molecule has 134 valence electrons. The largest absolute Gasteiger partial charge is 0.306 e. The molecule has 3 aromatic rings. The fourth-order valence-electron chi connectivity index (χ4n) is 3.04. The molecule has 4 rings (SSSR count). The number of hydrogen-bond donors (Lipinski definition) is 1. The van der Waals surface area contributed by atoms with Crippen molar-refractivity contribution in [2.75, 3.05) is 11.1 Å². The first-order chi connectivity index (χ1) is 12.8. The minimum Gasteiger partial charge on any atom is -0.306 e. The van der Waals surface area contributed by atoms with Crippen LogP contribution in [0.25, 0.3) is 0 Å². The fraction of sp³-hybridized carbons (Fsp3) is 0.353. The van der Waals surface area contributed by atoms with Gasteiger partial charge in [0.05, 0.1) is 5.75 Å². The summed E-state index contributed by atoms with van der Waals surface area (Å²) in [5, 5.41) is 20.3. The van der Waals surface area contributed by atoms with Gasteiger partial charge in [0.1, 0.15) is 11.3 Å². The minimum absolute atomic E-state index is 0.118. The Labute approximate surface area is 159 Å². The van der Waals surface area contributed by atoms with Crippen LogP contribution in [0.4, 0.5) is 5.13 Å². The van der Waals surface area contributed by atoms with Gasteiger partial charge < -0.3 is 4.57 Å². The van der Waals surface area contributed by atoms with Crippen LogP contribution in [0.1, 0.15) is 36.6 Å². The van der Waals surface area contributed by atoms with Gasteiger partial charge in [0.25, 0.3) is 0 Å². The Morgan fingerprint density at radius 3 is 2.85 bits per heavy atom. The molecule has 1 aromatic carbocycles. The number of rotatable bonds is 7. The molecule has 2 atom stereocenters. The number of hydrogen-bond acceptors (Lipinski definition) is 7. The maximum atomic E-state index is 12.0. The Kier molecular flexibility index (Phi) is 4.98. The first-order valence-corrected chi connectivity index (χ1v) is 10.3. The molecule has 1 aliphatic rings. The van der Waals surface area contributed by atoms with E-state index in [1.54, 1.807) is 5.51 Å². The zero-order chi connectivity index (χ0) is 17.9. The molecule has 2 aromatic heterocycles. The average Bonchev–Trinajstić information content (AvgIpc) is 3.09. The van der Waals surface area contributed by atoms with Crippen LogP contribution < -0.4 is 5.32 Å². The smallest absolute Gasteiger partial charge is 0.236 e. The van der Waals surface area contributed by atoms with Gasteiger partial charge >= 0.3 is 0 Å². The number of benzene rings is 1. The molecule has 26 heavy (non-hydrogen) atoms. The van der Waals surface area contributed by atoms with Gasteiger partial charge in [0, 0.05) is 12.5 Å². The summed E-state index contributed by atoms with van der Waals surface area (Å²) in [4.78, 5) is 12.0. The topological polar surface area (TPSA) is 85.6 Å². The van der Waals surface area contributed by atoms with E-state index in [0.29, 0.717) is 17.0 Å². The highest BCUT2D eigenvalue weighted by atomic mass is 32.2. The monoisotopic (exact) mass is 386 g/mol. The standard InChI is InChI=1S/C17H18N6OS2/c1-2-23-15(13-8-12(13)11-6-4-3-5-7-11)20-22-17(23)25-9-14(24)19-16-21-18-10-26-16/h3-7,10,12-13H,2,8-9H2,1H3,(H,19,21,24). The van der Waals surface area contributed by atoms with E-state index in [2.05, 4.69) is 61.5 Å². The fourth-order valence-corrected chi connectivity index (χ4v) is 4.31. The van der Waals surface area contributed by atoms with Gasteiger partial charge in [0.15, 0.2) is 5.16 Å². The molecule has 1 fully saturated rings. The van der Waals surface area contributed by atoms with Gasteiger partial charge in [0.2, 0.25) is 11.0 Å². The SMILES string of the molecule is CCn1c(SCC(=O)Nc2nncs2)nnc1C1CC1c1ccccc1. The van der Waals surface area contributed by atoms with Crippen molar-refractivity contribution in [3.05, 3.63) is 47.2 Å². The van der Waals surface area contributed by atoms with Gasteiger partial charge in [-0.3, -0.25) is 10.1 Å². The molecule has 7 nitrogen and oxygen atoms in total. The lowest BCUT2D eigenvalue weighted by Crippen LogP contribution is -2.14. The molecule has 0 bridgehead atoms. The van der Waals surface area contributed by atoms with Gasteiger partial charge in [-0.2, -0.15) is 0 Å². The number of anilines is 1. The van der Waals surface area contributed by atoms with Crippen molar-refractivity contribution >= 4 is 34.1 Å². The average molecular weight is 387 g/mol. The molecular weight excluding hydrogens is 368 g/mol. The number of carbonyl (C=O) groups excluding carboxylic acids is 1. The van der Waals surface area contributed by atoms with Gasteiger partial charge in [-0.1, -0.05) is 53.4 Å². The third-order valence-corrected chi connectivity index (χ3v) is 5.92. The molecule has 1 aliphatic carbocycles. The first kappa shape index (κ1) is 17.2. The minimum atomic E-state index is -0.118. The predicted molar refractivity (Wildman–Crippen MR) is 101 cm³/mol. The van der Waals surface area contributed by atoms with E-state index in [-0.39, 0.29) is 11.7 Å². The zero-order valence-electron chi connectivity index (χ0n) is 14.2. The molecule has 9 heteroatoms. The summed E-state index contributed by atoms with van der Waals surface area (Å²) in [6, 6.07) is 10.5. The van der Waals surface area contributed by atoms with Crippen LogP contribution in [-0.2, 0) is 11.3 Å². The van der Waals surface area contributed by atoms with Crippen molar-refractivity contribution in [3.8, 4) is 0 Å². The van der Waals surface area contributed by atoms with Crippen LogP contribution in [0.5, 0.6) is 0 Å². The van der Waals surface area contributed by atoms with E-state index in [0.717, 1.165) is 23.9 Å². The molecule has 1 N–H and O–H groups in total. The molecule has 1 saturated carbocycles. The summed E-state index contributed by atoms with van der Waals surface area (Å²) in [7, 11) is 0. The maximum absolute atomic E-state index is 12.0. The van der Waals surface area contributed by atoms with Gasteiger partial charge in [-0.15, -0.1) is 20.4 Å². The molecular formula is C17H18N6OS2. The quantitative estimate of drug-likeness (QED) is 0.628. The number of nitrogens with zero attached hydrogens (tertiary/aromatic N) is 5. The normalized spacial score (nSPS) is 18.7. The number of nitrogens with one attached hydrogen (secondary N) is 1. The highest BCUT2D eigenvalue weighted by Crippen LogP contribution is 2.54. The van der Waals surface area contributed by atoms with Crippen LogP contribution in [0.15, 0.2) is 41.0 Å². The van der Waals surface area contributed by atoms with Crippen molar-refractivity contribution in [1.29, 1.82) is 0 Å². The number of aromatic nitrogens is 5. The molecule has 0 radical (unpaired) electrons. The second-order valence-corrected chi connectivity index (χ2v) is 7.80. The highest BCUT2D eigenvalue weighted by Gasteiger charge is 2.43. The summed E-state index contributed by atoms with van der Waals surface area (Å²) in [5.41, 5.74) is 2.94. The van der Waals surface area contributed by atoms with Crippen molar-refractivity contribution in [1.82, 2.24) is 25.0 Å². The van der Waals surface area contributed by atoms with Crippen molar-refractivity contribution < 1.29 is 4.79 Å². The third kappa shape index (κ3) is 3.63. The van der Waals surface area contributed by atoms with Gasteiger partial charge in [-0.05, 0) is 24.8 Å². The molecule has 0 spiro atoms. The molecule has 1 amide bonds. The summed E-state index contributed by atoms with van der Waals surface area (Å²) in [5.74, 6) is 2.10. The number of amides is 1. The maximum Gasteiger partial charge on any atom is 0.236 e. The lowest BCUT2D eigenvalue weighted by atomic mass is 10.1. The van der Waals surface area contributed by atoms with E-state index in [1.165, 1.54) is 28.7 Å². The Bertz CT molecular complexity index is 880. The van der Waals surface area contributed by atoms with Crippen LogP contribution in [0.3, 0.4) is 0 Å². The summed E-state index contributed by atoms with van der Waals surface area (Å²) in [6.07, 6.45) is 1.10. The van der Waals surface area contributed by atoms with Crippen LogP contribution in [0.2, 0.25) is 0 Å². The second-order valence-electron chi connectivity index (χ2n) is 6.03. The summed E-state index contributed by atoms with van der Waals surface area (Å²) in [6.45, 7) is 2.87. The van der Waals surface area contributed by atoms with E-state index in [1.807, 2.05) is 6.07 Å². The first-order valence-electron chi connectivity index (χ1n) is 8.43. The van der Waals surface area contributed by atoms with Crippen LogP contribution >= 0.6 is 23.1 Å². The Balaban J connectivity index is 1.40. The van der Waals surface area contributed by atoms with Crippen LogP contribution in [-0.4, -0.2) is 36.6 Å². The molecule has 2 heterocycles. The van der Waals surface area contributed by atoms with E-state index in [4.69, 9.17) is 0 Å². The van der Waals surface area contributed by atoms with Crippen molar-refractivity contribution in [3.63, 3.8) is 0 Å². The molecule has 0 aliphatic heterocycles. The lowest BCUT2D eigenvalue weighted by Gasteiger charge is -2.07. The van der Waals surface area contributed by atoms with E-state index in [9.17, 15) is 4.79 Å². The predicted octanol–water partition coefficient (Wildman–Crippen LogP) is 3.15. The van der Waals surface area contributed by atoms with Gasteiger partial charge in [-0.25, -0.2) is 0 Å². The van der Waals surface area contributed by atoms with E-state index >= 15 is 0 Å². The lowest BCUT2D eigenvalue weighted by molar-refractivity contribution is -0.113. The number of thioether (sulfide) groups is 1. The number of carbonyl (C=O) groups is 1. The van der Waals surface area contributed by atoms with Crippen LogP contribution in [0, 0.1) is 0 Å². The Morgan fingerprint density at radius 2 is 2.12 bits per heavy atom. The Hall–Kier alpha value is -2.26. The Morgan fingerprint density at radius 1 is 1.27 bits per heavy atom. The molecule has 2 unspecified atom stereocenters. The second kappa shape index (κ2) is 7.55.